The zero-order chi connectivity index (χ0) is 14.6. The number of nitrogens with one attached hydrogen (secondary N) is 1. The molecule has 0 spiro atoms. The van der Waals surface area contributed by atoms with Crippen LogP contribution in [-0.2, 0) is 0 Å². The highest BCUT2D eigenvalue weighted by molar-refractivity contribution is 7.99. The van der Waals surface area contributed by atoms with E-state index in [9.17, 15) is 5.11 Å². The maximum Gasteiger partial charge on any atom is 0.0564 e. The standard InChI is InChI=1S/C15H26N2OS/c1-9-7-10(2)16-12(4)15(9)13(5)17-11(3)14(8-18)19-6/h7,11,13-14,17-18H,8H2,1-6H3. The zero-order valence-corrected chi connectivity index (χ0v) is 13.6. The molecule has 0 aliphatic carbocycles. The van der Waals surface area contributed by atoms with E-state index in [0.717, 1.165) is 11.4 Å². The number of aliphatic hydroxyl groups excluding tert-OH is 1. The number of pyridine rings is 1. The Labute approximate surface area is 121 Å². The van der Waals surface area contributed by atoms with Gasteiger partial charge in [-0.1, -0.05) is 0 Å². The molecule has 4 heteroatoms. The van der Waals surface area contributed by atoms with E-state index in [1.807, 2.05) is 13.2 Å². The van der Waals surface area contributed by atoms with E-state index in [1.54, 1.807) is 11.8 Å². The van der Waals surface area contributed by atoms with Crippen molar-refractivity contribution in [3.63, 3.8) is 0 Å². The molecule has 19 heavy (non-hydrogen) atoms. The zero-order valence-electron chi connectivity index (χ0n) is 12.8. The average Bonchev–Trinajstić information content (AvgIpc) is 2.28. The smallest absolute Gasteiger partial charge is 0.0564 e. The van der Waals surface area contributed by atoms with Crippen LogP contribution in [0.5, 0.6) is 0 Å². The maximum absolute atomic E-state index is 9.35. The van der Waals surface area contributed by atoms with E-state index < -0.39 is 0 Å². The van der Waals surface area contributed by atoms with E-state index in [-0.39, 0.29) is 23.9 Å². The average molecular weight is 282 g/mol. The van der Waals surface area contributed by atoms with Crippen molar-refractivity contribution in [3.8, 4) is 0 Å². The summed E-state index contributed by atoms with van der Waals surface area (Å²) in [6.45, 7) is 10.7. The van der Waals surface area contributed by atoms with Crippen LogP contribution in [0.2, 0.25) is 0 Å². The Kier molecular flexibility index (Phi) is 6.30. The molecule has 0 radical (unpaired) electrons. The molecule has 1 aromatic rings. The van der Waals surface area contributed by atoms with Crippen molar-refractivity contribution in [1.29, 1.82) is 0 Å². The molecule has 0 aliphatic heterocycles. The summed E-state index contributed by atoms with van der Waals surface area (Å²) >= 11 is 1.70. The second-order valence-corrected chi connectivity index (χ2v) is 6.29. The first-order valence-corrected chi connectivity index (χ1v) is 8.03. The number of hydrogen-bond acceptors (Lipinski definition) is 4. The van der Waals surface area contributed by atoms with Crippen LogP contribution in [0, 0.1) is 20.8 Å². The van der Waals surface area contributed by atoms with Crippen molar-refractivity contribution in [2.75, 3.05) is 12.9 Å². The van der Waals surface area contributed by atoms with Crippen LogP contribution in [-0.4, -0.2) is 34.2 Å². The van der Waals surface area contributed by atoms with E-state index >= 15 is 0 Å². The third-order valence-electron chi connectivity index (χ3n) is 3.57. The van der Waals surface area contributed by atoms with Crippen LogP contribution in [0.4, 0.5) is 0 Å². The van der Waals surface area contributed by atoms with Crippen LogP contribution in [0.3, 0.4) is 0 Å². The van der Waals surface area contributed by atoms with Gasteiger partial charge in [0.1, 0.15) is 0 Å². The molecule has 1 rings (SSSR count). The van der Waals surface area contributed by atoms with Gasteiger partial charge in [0, 0.05) is 28.7 Å². The Morgan fingerprint density at radius 2 is 1.95 bits per heavy atom. The van der Waals surface area contributed by atoms with Gasteiger partial charge in [-0.05, 0) is 58.1 Å². The van der Waals surface area contributed by atoms with Crippen molar-refractivity contribution < 1.29 is 5.11 Å². The molecule has 0 aliphatic rings. The third kappa shape index (κ3) is 4.20. The van der Waals surface area contributed by atoms with Gasteiger partial charge in [0.15, 0.2) is 0 Å². The molecule has 3 unspecified atom stereocenters. The number of aromatic nitrogens is 1. The van der Waals surface area contributed by atoms with Gasteiger partial charge < -0.3 is 10.4 Å². The molecule has 0 amide bonds. The highest BCUT2D eigenvalue weighted by Gasteiger charge is 2.20. The number of aryl methyl sites for hydroxylation is 3. The summed E-state index contributed by atoms with van der Waals surface area (Å²) in [5.74, 6) is 0. The lowest BCUT2D eigenvalue weighted by Gasteiger charge is -2.27. The van der Waals surface area contributed by atoms with Crippen LogP contribution in [0.1, 0.15) is 42.4 Å². The van der Waals surface area contributed by atoms with Crippen molar-refractivity contribution in [2.24, 2.45) is 0 Å². The predicted molar refractivity (Wildman–Crippen MR) is 83.8 cm³/mol. The van der Waals surface area contributed by atoms with Gasteiger partial charge in [-0.3, -0.25) is 4.98 Å². The summed E-state index contributed by atoms with van der Waals surface area (Å²) < 4.78 is 0. The van der Waals surface area contributed by atoms with Crippen LogP contribution >= 0.6 is 11.8 Å². The molecule has 3 atom stereocenters. The fourth-order valence-corrected chi connectivity index (χ4v) is 3.35. The molecular weight excluding hydrogens is 256 g/mol. The summed E-state index contributed by atoms with van der Waals surface area (Å²) in [5.41, 5.74) is 4.71. The maximum atomic E-state index is 9.35. The molecule has 0 bridgehead atoms. The number of rotatable bonds is 6. The van der Waals surface area contributed by atoms with Gasteiger partial charge in [-0.25, -0.2) is 0 Å². The van der Waals surface area contributed by atoms with Crippen LogP contribution in [0.15, 0.2) is 6.07 Å². The Morgan fingerprint density at radius 3 is 2.42 bits per heavy atom. The van der Waals surface area contributed by atoms with E-state index in [0.29, 0.717) is 0 Å². The van der Waals surface area contributed by atoms with Crippen molar-refractivity contribution in [2.45, 2.75) is 52.0 Å². The van der Waals surface area contributed by atoms with Crippen LogP contribution < -0.4 is 5.32 Å². The topological polar surface area (TPSA) is 45.1 Å². The molecule has 0 aromatic carbocycles. The van der Waals surface area contributed by atoms with Crippen LogP contribution in [0.25, 0.3) is 0 Å². The van der Waals surface area contributed by atoms with Gasteiger partial charge in [-0.2, -0.15) is 11.8 Å². The van der Waals surface area contributed by atoms with Gasteiger partial charge in [0.2, 0.25) is 0 Å². The lowest BCUT2D eigenvalue weighted by molar-refractivity contribution is 0.271. The largest absolute Gasteiger partial charge is 0.395 e. The third-order valence-corrected chi connectivity index (χ3v) is 4.73. The fourth-order valence-electron chi connectivity index (χ4n) is 2.71. The van der Waals surface area contributed by atoms with Crippen molar-refractivity contribution in [1.82, 2.24) is 10.3 Å². The lowest BCUT2D eigenvalue weighted by atomic mass is 9.99. The van der Waals surface area contributed by atoms with Crippen molar-refractivity contribution >= 4 is 11.8 Å². The highest BCUT2D eigenvalue weighted by atomic mass is 32.2. The minimum absolute atomic E-state index is 0.201. The summed E-state index contributed by atoms with van der Waals surface area (Å²) in [5, 5.41) is 13.2. The fraction of sp³-hybridized carbons (Fsp3) is 0.667. The number of thioether (sulfide) groups is 1. The molecule has 0 saturated carbocycles. The Bertz CT molecular complexity index is 396. The Balaban J connectivity index is 2.87. The molecular formula is C15H26N2OS. The predicted octanol–water partition coefficient (Wildman–Crippen LogP) is 2.77. The van der Waals surface area contributed by atoms with Gasteiger partial charge in [0.25, 0.3) is 0 Å². The Hall–Kier alpha value is -0.580. The second-order valence-electron chi connectivity index (χ2n) is 5.21. The summed E-state index contributed by atoms with van der Waals surface area (Å²) in [6.07, 6.45) is 2.04. The summed E-state index contributed by atoms with van der Waals surface area (Å²) in [7, 11) is 0. The first-order chi connectivity index (χ1) is 8.90. The van der Waals surface area contributed by atoms with Gasteiger partial charge in [0.05, 0.1) is 6.61 Å². The molecule has 0 saturated heterocycles. The van der Waals surface area contributed by atoms with E-state index in [2.05, 4.69) is 44.1 Å². The van der Waals surface area contributed by atoms with E-state index in [1.165, 1.54) is 11.1 Å². The molecule has 1 aromatic heterocycles. The molecule has 3 nitrogen and oxygen atoms in total. The number of hydrogen-bond donors (Lipinski definition) is 2. The first kappa shape index (κ1) is 16.5. The lowest BCUT2D eigenvalue weighted by Crippen LogP contribution is -2.39. The number of aliphatic hydroxyl groups is 1. The minimum atomic E-state index is 0.201. The summed E-state index contributed by atoms with van der Waals surface area (Å²) in [4.78, 5) is 4.55. The van der Waals surface area contributed by atoms with Gasteiger partial charge in [-0.15, -0.1) is 0 Å². The van der Waals surface area contributed by atoms with Crippen molar-refractivity contribution in [3.05, 3.63) is 28.6 Å². The monoisotopic (exact) mass is 282 g/mol. The first-order valence-electron chi connectivity index (χ1n) is 6.75. The number of nitrogens with zero attached hydrogens (tertiary/aromatic N) is 1. The minimum Gasteiger partial charge on any atom is -0.395 e. The highest BCUT2D eigenvalue weighted by Crippen LogP contribution is 2.23. The molecule has 1 heterocycles. The van der Waals surface area contributed by atoms with Gasteiger partial charge >= 0.3 is 0 Å². The normalized spacial score (nSPS) is 16.2. The van der Waals surface area contributed by atoms with E-state index in [4.69, 9.17) is 0 Å². The SMILES string of the molecule is CSC(CO)C(C)NC(C)c1c(C)cc(C)nc1C. The summed E-state index contributed by atoms with van der Waals surface area (Å²) in [6, 6.07) is 2.63. The second kappa shape index (κ2) is 7.27. The molecule has 108 valence electrons. The quantitative estimate of drug-likeness (QED) is 0.842. The molecule has 0 fully saturated rings. The Morgan fingerprint density at radius 1 is 1.32 bits per heavy atom. The molecule has 2 N–H and O–H groups in total.